The van der Waals surface area contributed by atoms with Gasteiger partial charge in [-0.3, -0.25) is 0 Å². The molecule has 6 heteroatoms. The minimum absolute atomic E-state index is 0.182. The molecule has 1 aliphatic heterocycles. The van der Waals surface area contributed by atoms with Crippen LogP contribution in [0.3, 0.4) is 0 Å². The van der Waals surface area contributed by atoms with Gasteiger partial charge in [0.2, 0.25) is 0 Å². The second-order valence-corrected chi connectivity index (χ2v) is 7.51. The number of benzene rings is 1. The molecule has 1 fully saturated rings. The molecule has 0 saturated carbocycles. The molecule has 1 aromatic carbocycles. The molecule has 0 unspecified atom stereocenters. The fourth-order valence-corrected chi connectivity index (χ4v) is 4.19. The SMILES string of the molecule is O=C(Nc1cccnc1N1CCCC1)N[C@@H](c1ccccc1)c1cccs1. The molecule has 138 valence electrons. The maximum Gasteiger partial charge on any atom is 0.320 e. The van der Waals surface area contributed by atoms with Crippen LogP contribution in [0.1, 0.15) is 29.3 Å². The molecular formula is C21H22N4OS. The first-order valence-corrected chi connectivity index (χ1v) is 10.0. The summed E-state index contributed by atoms with van der Waals surface area (Å²) in [4.78, 5) is 20.6. The van der Waals surface area contributed by atoms with Gasteiger partial charge in [-0.15, -0.1) is 11.3 Å². The quantitative estimate of drug-likeness (QED) is 0.679. The lowest BCUT2D eigenvalue weighted by Crippen LogP contribution is -2.33. The third-order valence-corrected chi connectivity index (χ3v) is 5.61. The Morgan fingerprint density at radius 1 is 1.04 bits per heavy atom. The van der Waals surface area contributed by atoms with E-state index in [9.17, 15) is 4.79 Å². The molecule has 0 spiro atoms. The normalized spacial score (nSPS) is 14.7. The average Bonchev–Trinajstić information content (AvgIpc) is 3.41. The number of nitrogens with zero attached hydrogens (tertiary/aromatic N) is 2. The van der Waals surface area contributed by atoms with Crippen molar-refractivity contribution in [2.24, 2.45) is 0 Å². The highest BCUT2D eigenvalue weighted by Crippen LogP contribution is 2.28. The van der Waals surface area contributed by atoms with E-state index < -0.39 is 0 Å². The highest BCUT2D eigenvalue weighted by atomic mass is 32.1. The summed E-state index contributed by atoms with van der Waals surface area (Å²) in [5.41, 5.74) is 1.80. The van der Waals surface area contributed by atoms with E-state index >= 15 is 0 Å². The molecule has 3 aromatic rings. The van der Waals surface area contributed by atoms with E-state index in [0.717, 1.165) is 47.9 Å². The van der Waals surface area contributed by atoms with Crippen molar-refractivity contribution < 1.29 is 4.79 Å². The second kappa shape index (κ2) is 8.22. The number of nitrogens with one attached hydrogen (secondary N) is 2. The number of amides is 2. The average molecular weight is 379 g/mol. The summed E-state index contributed by atoms with van der Waals surface area (Å²) in [6.45, 7) is 1.96. The summed E-state index contributed by atoms with van der Waals surface area (Å²) < 4.78 is 0. The minimum Gasteiger partial charge on any atom is -0.355 e. The molecule has 0 radical (unpaired) electrons. The zero-order valence-electron chi connectivity index (χ0n) is 15.0. The number of hydrogen-bond donors (Lipinski definition) is 2. The van der Waals surface area contributed by atoms with E-state index in [0.29, 0.717) is 0 Å². The summed E-state index contributed by atoms with van der Waals surface area (Å²) >= 11 is 1.63. The highest BCUT2D eigenvalue weighted by Gasteiger charge is 2.21. The molecule has 1 atom stereocenters. The van der Waals surface area contributed by atoms with Crippen molar-refractivity contribution in [2.45, 2.75) is 18.9 Å². The van der Waals surface area contributed by atoms with Crippen molar-refractivity contribution in [3.05, 3.63) is 76.6 Å². The number of rotatable bonds is 5. The number of thiophene rings is 1. The number of hydrogen-bond acceptors (Lipinski definition) is 4. The smallest absolute Gasteiger partial charge is 0.320 e. The predicted molar refractivity (Wildman–Crippen MR) is 110 cm³/mol. The standard InChI is InChI=1S/C21H22N4OS/c26-21(23-17-10-6-12-22-20(17)25-13-4-5-14-25)24-19(18-11-7-15-27-18)16-8-2-1-3-9-16/h1-3,6-12,15,19H,4-5,13-14H2,(H2,23,24,26)/t19-/m0/s1. The van der Waals surface area contributed by atoms with Crippen molar-refractivity contribution in [3.63, 3.8) is 0 Å². The van der Waals surface area contributed by atoms with Gasteiger partial charge < -0.3 is 15.5 Å². The van der Waals surface area contributed by atoms with E-state index in [4.69, 9.17) is 0 Å². The van der Waals surface area contributed by atoms with E-state index in [1.165, 1.54) is 0 Å². The van der Waals surface area contributed by atoms with Gasteiger partial charge in [0.25, 0.3) is 0 Å². The largest absolute Gasteiger partial charge is 0.355 e. The van der Waals surface area contributed by atoms with Crippen LogP contribution in [0.5, 0.6) is 0 Å². The number of carbonyl (C=O) groups excluding carboxylic acids is 1. The van der Waals surface area contributed by atoms with Gasteiger partial charge in [-0.1, -0.05) is 36.4 Å². The lowest BCUT2D eigenvalue weighted by atomic mass is 10.1. The van der Waals surface area contributed by atoms with Gasteiger partial charge in [-0.25, -0.2) is 9.78 Å². The predicted octanol–water partition coefficient (Wildman–Crippen LogP) is 4.65. The molecule has 5 nitrogen and oxygen atoms in total. The highest BCUT2D eigenvalue weighted by molar-refractivity contribution is 7.10. The molecule has 0 bridgehead atoms. The zero-order valence-corrected chi connectivity index (χ0v) is 15.8. The monoisotopic (exact) mass is 378 g/mol. The van der Waals surface area contributed by atoms with Gasteiger partial charge in [0.15, 0.2) is 5.82 Å². The molecule has 4 rings (SSSR count). The molecule has 1 aliphatic rings. The van der Waals surface area contributed by atoms with Crippen LogP contribution in [-0.2, 0) is 0 Å². The molecule has 27 heavy (non-hydrogen) atoms. The van der Waals surface area contributed by atoms with Gasteiger partial charge in [0, 0.05) is 24.2 Å². The third-order valence-electron chi connectivity index (χ3n) is 4.68. The number of urea groups is 1. The Balaban J connectivity index is 1.53. The number of anilines is 2. The van der Waals surface area contributed by atoms with Crippen LogP contribution in [0, 0.1) is 0 Å². The first kappa shape index (κ1) is 17.5. The van der Waals surface area contributed by atoms with Crippen LogP contribution in [0.2, 0.25) is 0 Å². The number of aromatic nitrogens is 1. The Morgan fingerprint density at radius 3 is 2.59 bits per heavy atom. The first-order valence-electron chi connectivity index (χ1n) is 9.17. The van der Waals surface area contributed by atoms with Crippen LogP contribution in [-0.4, -0.2) is 24.1 Å². The van der Waals surface area contributed by atoms with Crippen LogP contribution in [0.15, 0.2) is 66.2 Å². The maximum atomic E-state index is 12.8. The lowest BCUT2D eigenvalue weighted by Gasteiger charge is -2.22. The third kappa shape index (κ3) is 4.11. The Bertz CT molecular complexity index is 876. The number of pyridine rings is 1. The minimum atomic E-state index is -0.231. The number of carbonyl (C=O) groups is 1. The van der Waals surface area contributed by atoms with Crippen molar-refractivity contribution in [1.29, 1.82) is 0 Å². The van der Waals surface area contributed by atoms with Crippen molar-refractivity contribution in [2.75, 3.05) is 23.3 Å². The van der Waals surface area contributed by atoms with E-state index in [1.54, 1.807) is 17.5 Å². The molecule has 2 amide bonds. The Kier molecular flexibility index (Phi) is 5.34. The van der Waals surface area contributed by atoms with Gasteiger partial charge in [0.05, 0.1) is 11.7 Å². The van der Waals surface area contributed by atoms with Crippen molar-refractivity contribution in [1.82, 2.24) is 10.3 Å². The molecule has 3 heterocycles. The van der Waals surface area contributed by atoms with E-state index in [2.05, 4.69) is 20.5 Å². The van der Waals surface area contributed by atoms with Crippen molar-refractivity contribution in [3.8, 4) is 0 Å². The summed E-state index contributed by atoms with van der Waals surface area (Å²) in [6.07, 6.45) is 4.10. The molecular weight excluding hydrogens is 356 g/mol. The summed E-state index contributed by atoms with van der Waals surface area (Å²) in [6, 6.07) is 17.4. The Hall–Kier alpha value is -2.86. The fraction of sp³-hybridized carbons (Fsp3) is 0.238. The van der Waals surface area contributed by atoms with Crippen LogP contribution >= 0.6 is 11.3 Å². The summed E-state index contributed by atoms with van der Waals surface area (Å²) in [7, 11) is 0. The van der Waals surface area contributed by atoms with E-state index in [-0.39, 0.29) is 12.1 Å². The van der Waals surface area contributed by atoms with Crippen LogP contribution in [0.25, 0.3) is 0 Å². The Morgan fingerprint density at radius 2 is 1.85 bits per heavy atom. The maximum absolute atomic E-state index is 12.8. The van der Waals surface area contributed by atoms with Gasteiger partial charge in [0.1, 0.15) is 0 Å². The summed E-state index contributed by atoms with van der Waals surface area (Å²) in [5, 5.41) is 8.14. The molecule has 1 saturated heterocycles. The zero-order chi connectivity index (χ0) is 18.5. The van der Waals surface area contributed by atoms with E-state index in [1.807, 2.05) is 60.0 Å². The van der Waals surface area contributed by atoms with Crippen molar-refractivity contribution >= 4 is 28.9 Å². The lowest BCUT2D eigenvalue weighted by molar-refractivity contribution is 0.250. The second-order valence-electron chi connectivity index (χ2n) is 6.53. The van der Waals surface area contributed by atoms with Crippen LogP contribution in [0.4, 0.5) is 16.3 Å². The topological polar surface area (TPSA) is 57.3 Å². The van der Waals surface area contributed by atoms with Gasteiger partial charge in [-0.2, -0.15) is 0 Å². The fourth-order valence-electron chi connectivity index (χ4n) is 3.38. The van der Waals surface area contributed by atoms with Gasteiger partial charge >= 0.3 is 6.03 Å². The summed E-state index contributed by atoms with van der Waals surface area (Å²) in [5.74, 6) is 0.845. The molecule has 2 N–H and O–H groups in total. The van der Waals surface area contributed by atoms with Crippen LogP contribution < -0.4 is 15.5 Å². The van der Waals surface area contributed by atoms with Gasteiger partial charge in [-0.05, 0) is 42.0 Å². The molecule has 0 aliphatic carbocycles. The molecule has 2 aromatic heterocycles. The first-order chi connectivity index (χ1) is 13.3. The Labute approximate surface area is 163 Å².